The number of likely N-dealkylation sites (N-methyl/N-ethyl adjacent to an activating group) is 1. The van der Waals surface area contributed by atoms with E-state index in [2.05, 4.69) is 10.00 Å². The van der Waals surface area contributed by atoms with Crippen molar-refractivity contribution in [3.63, 3.8) is 0 Å². The van der Waals surface area contributed by atoms with Crippen LogP contribution < -0.4 is 5.69 Å². The first kappa shape index (κ1) is 9.21. The number of hydrogen-bond acceptors (Lipinski definition) is 3. The lowest BCUT2D eigenvalue weighted by Crippen LogP contribution is -2.47. The molecule has 0 aromatic carbocycles. The Hall–Kier alpha value is -1.36. The number of aromatic nitrogens is 3. The van der Waals surface area contributed by atoms with Gasteiger partial charge in [-0.3, -0.25) is 4.57 Å². The first-order valence-electron chi connectivity index (χ1n) is 4.69. The van der Waals surface area contributed by atoms with E-state index in [4.69, 9.17) is 0 Å². The van der Waals surface area contributed by atoms with Gasteiger partial charge < -0.3 is 4.90 Å². The van der Waals surface area contributed by atoms with E-state index in [1.807, 2.05) is 14.0 Å². The molecule has 76 valence electrons. The average molecular weight is 194 g/mol. The minimum Gasteiger partial charge on any atom is -0.302 e. The SMILES string of the molecule is C/C=C\n1ncn(C2CN(C)C2)c1=O. The summed E-state index contributed by atoms with van der Waals surface area (Å²) in [4.78, 5) is 13.9. The van der Waals surface area contributed by atoms with E-state index >= 15 is 0 Å². The van der Waals surface area contributed by atoms with Gasteiger partial charge in [0.2, 0.25) is 0 Å². The van der Waals surface area contributed by atoms with Gasteiger partial charge in [-0.25, -0.2) is 4.79 Å². The Morgan fingerprint density at radius 3 is 2.86 bits per heavy atom. The van der Waals surface area contributed by atoms with Crippen LogP contribution in [-0.4, -0.2) is 39.4 Å². The topological polar surface area (TPSA) is 43.1 Å². The van der Waals surface area contributed by atoms with Crippen molar-refractivity contribution in [2.45, 2.75) is 13.0 Å². The predicted octanol–water partition coefficient (Wildman–Crippen LogP) is 0.0219. The molecule has 0 radical (unpaired) electrons. The summed E-state index contributed by atoms with van der Waals surface area (Å²) in [7, 11) is 2.04. The van der Waals surface area contributed by atoms with Crippen LogP contribution in [0.4, 0.5) is 0 Å². The average Bonchev–Trinajstić information content (AvgIpc) is 2.44. The minimum atomic E-state index is -0.0544. The van der Waals surface area contributed by atoms with Gasteiger partial charge in [0.1, 0.15) is 6.33 Å². The third-order valence-corrected chi connectivity index (χ3v) is 2.45. The van der Waals surface area contributed by atoms with Gasteiger partial charge >= 0.3 is 5.69 Å². The maximum atomic E-state index is 11.7. The molecule has 0 aliphatic carbocycles. The second-order valence-electron chi connectivity index (χ2n) is 3.62. The molecular formula is C9H14N4O. The maximum absolute atomic E-state index is 11.7. The van der Waals surface area contributed by atoms with Crippen LogP contribution in [-0.2, 0) is 0 Å². The van der Waals surface area contributed by atoms with E-state index in [1.165, 1.54) is 4.68 Å². The molecular weight excluding hydrogens is 180 g/mol. The maximum Gasteiger partial charge on any atom is 0.350 e. The fraction of sp³-hybridized carbons (Fsp3) is 0.556. The van der Waals surface area contributed by atoms with Crippen molar-refractivity contribution >= 4 is 6.20 Å². The van der Waals surface area contributed by atoms with E-state index in [1.54, 1.807) is 23.2 Å². The predicted molar refractivity (Wildman–Crippen MR) is 54.0 cm³/mol. The van der Waals surface area contributed by atoms with Crippen LogP contribution in [0.25, 0.3) is 6.20 Å². The standard InChI is InChI=1S/C9H14N4O/c1-3-4-13-9(14)12(7-10-13)8-5-11(2)6-8/h3-4,7-8H,5-6H2,1-2H3/b4-3-. The first-order valence-corrected chi connectivity index (χ1v) is 4.69. The molecule has 0 atom stereocenters. The minimum absolute atomic E-state index is 0.0544. The molecule has 1 aliphatic heterocycles. The third-order valence-electron chi connectivity index (χ3n) is 2.45. The zero-order valence-electron chi connectivity index (χ0n) is 8.42. The quantitative estimate of drug-likeness (QED) is 0.666. The smallest absolute Gasteiger partial charge is 0.302 e. The van der Waals surface area contributed by atoms with Crippen molar-refractivity contribution in [1.29, 1.82) is 0 Å². The molecule has 2 rings (SSSR count). The highest BCUT2D eigenvalue weighted by atomic mass is 16.2. The van der Waals surface area contributed by atoms with Gasteiger partial charge in [0.25, 0.3) is 0 Å². The van der Waals surface area contributed by atoms with Crippen LogP contribution in [0.2, 0.25) is 0 Å². The summed E-state index contributed by atoms with van der Waals surface area (Å²) in [6.07, 6.45) is 5.08. The van der Waals surface area contributed by atoms with Crippen molar-refractivity contribution in [2.24, 2.45) is 0 Å². The van der Waals surface area contributed by atoms with Crippen molar-refractivity contribution in [2.75, 3.05) is 20.1 Å². The Morgan fingerprint density at radius 2 is 2.29 bits per heavy atom. The number of rotatable bonds is 2. The van der Waals surface area contributed by atoms with Gasteiger partial charge in [0.15, 0.2) is 0 Å². The largest absolute Gasteiger partial charge is 0.350 e. The third kappa shape index (κ3) is 1.39. The molecule has 1 saturated heterocycles. The lowest BCUT2D eigenvalue weighted by Gasteiger charge is -2.35. The van der Waals surface area contributed by atoms with Crippen molar-refractivity contribution in [3.05, 3.63) is 22.9 Å². The monoisotopic (exact) mass is 194 g/mol. The van der Waals surface area contributed by atoms with E-state index in [9.17, 15) is 4.79 Å². The van der Waals surface area contributed by atoms with Gasteiger partial charge in [-0.2, -0.15) is 9.78 Å². The molecule has 1 aromatic rings. The summed E-state index contributed by atoms with van der Waals surface area (Å²) in [6, 6.07) is 0.298. The van der Waals surface area contributed by atoms with E-state index in [0.717, 1.165) is 13.1 Å². The lowest BCUT2D eigenvalue weighted by atomic mass is 10.1. The Balaban J connectivity index is 2.24. The molecule has 14 heavy (non-hydrogen) atoms. The Bertz CT molecular complexity index is 397. The second-order valence-corrected chi connectivity index (χ2v) is 3.62. The lowest BCUT2D eigenvalue weighted by molar-refractivity contribution is 0.137. The van der Waals surface area contributed by atoms with E-state index in [0.29, 0.717) is 6.04 Å². The molecule has 0 amide bonds. The zero-order chi connectivity index (χ0) is 10.1. The summed E-state index contributed by atoms with van der Waals surface area (Å²) in [5.41, 5.74) is -0.0544. The fourth-order valence-corrected chi connectivity index (χ4v) is 1.66. The summed E-state index contributed by atoms with van der Waals surface area (Å²) in [5.74, 6) is 0. The van der Waals surface area contributed by atoms with Crippen LogP contribution in [0, 0.1) is 0 Å². The van der Waals surface area contributed by atoms with Gasteiger partial charge in [-0.15, -0.1) is 0 Å². The zero-order valence-corrected chi connectivity index (χ0v) is 8.42. The van der Waals surface area contributed by atoms with Crippen LogP contribution in [0.3, 0.4) is 0 Å². The first-order chi connectivity index (χ1) is 6.72. The summed E-state index contributed by atoms with van der Waals surface area (Å²) < 4.78 is 3.05. The summed E-state index contributed by atoms with van der Waals surface area (Å²) in [5, 5.41) is 4.00. The van der Waals surface area contributed by atoms with Crippen molar-refractivity contribution < 1.29 is 0 Å². The number of allylic oxidation sites excluding steroid dienone is 1. The number of likely N-dealkylation sites (tertiary alicyclic amines) is 1. The molecule has 0 bridgehead atoms. The van der Waals surface area contributed by atoms with Gasteiger partial charge in [-0.05, 0) is 14.0 Å². The molecule has 1 aliphatic rings. The Labute approximate surface area is 82.2 Å². The van der Waals surface area contributed by atoms with Crippen LogP contribution in [0.1, 0.15) is 13.0 Å². The fourth-order valence-electron chi connectivity index (χ4n) is 1.66. The van der Waals surface area contributed by atoms with Crippen molar-refractivity contribution in [3.8, 4) is 0 Å². The van der Waals surface area contributed by atoms with Gasteiger partial charge in [-0.1, -0.05) is 6.08 Å². The second kappa shape index (κ2) is 3.42. The van der Waals surface area contributed by atoms with Crippen LogP contribution >= 0.6 is 0 Å². The normalized spacial score (nSPS) is 19.0. The summed E-state index contributed by atoms with van der Waals surface area (Å²) in [6.45, 7) is 3.73. The highest BCUT2D eigenvalue weighted by molar-refractivity contribution is 5.16. The molecule has 1 aromatic heterocycles. The van der Waals surface area contributed by atoms with Gasteiger partial charge in [0, 0.05) is 19.3 Å². The molecule has 5 heteroatoms. The molecule has 0 saturated carbocycles. The molecule has 0 N–H and O–H groups in total. The Morgan fingerprint density at radius 1 is 1.57 bits per heavy atom. The van der Waals surface area contributed by atoms with Crippen molar-refractivity contribution in [1.82, 2.24) is 19.2 Å². The highest BCUT2D eigenvalue weighted by Crippen LogP contribution is 2.16. The summed E-state index contributed by atoms with van der Waals surface area (Å²) >= 11 is 0. The highest BCUT2D eigenvalue weighted by Gasteiger charge is 2.26. The Kier molecular flexibility index (Phi) is 2.25. The molecule has 5 nitrogen and oxygen atoms in total. The molecule has 2 heterocycles. The van der Waals surface area contributed by atoms with E-state index < -0.39 is 0 Å². The number of nitrogens with zero attached hydrogens (tertiary/aromatic N) is 4. The molecule has 0 spiro atoms. The molecule has 0 unspecified atom stereocenters. The van der Waals surface area contributed by atoms with Crippen LogP contribution in [0.5, 0.6) is 0 Å². The number of hydrogen-bond donors (Lipinski definition) is 0. The van der Waals surface area contributed by atoms with Gasteiger partial charge in [0.05, 0.1) is 6.04 Å². The molecule has 1 fully saturated rings. The van der Waals surface area contributed by atoms with E-state index in [-0.39, 0.29) is 5.69 Å². The van der Waals surface area contributed by atoms with Crippen LogP contribution in [0.15, 0.2) is 17.2 Å².